The molecule has 0 saturated carbocycles. The fourth-order valence-corrected chi connectivity index (χ4v) is 3.54. The van der Waals surface area contributed by atoms with E-state index in [4.69, 9.17) is 0 Å². The zero-order chi connectivity index (χ0) is 23.6. The Balaban J connectivity index is 1.77. The van der Waals surface area contributed by atoms with Gasteiger partial charge in [0, 0.05) is 12.6 Å². The number of rotatable bonds is 8. The number of hydrogen-bond acceptors (Lipinski definition) is 4. The van der Waals surface area contributed by atoms with Crippen molar-refractivity contribution in [1.29, 1.82) is 0 Å². The van der Waals surface area contributed by atoms with E-state index >= 15 is 0 Å². The first kappa shape index (κ1) is 24.1. The number of carbonyl (C=O) groups excluding carboxylic acids is 1. The van der Waals surface area contributed by atoms with Crippen LogP contribution in [0.25, 0.3) is 0 Å². The molecule has 174 valence electrons. The number of hydrogen-bond donors (Lipinski definition) is 3. The Morgan fingerprint density at radius 2 is 1.81 bits per heavy atom. The van der Waals surface area contributed by atoms with Gasteiger partial charge in [0.05, 0.1) is 30.0 Å². The van der Waals surface area contributed by atoms with E-state index in [9.17, 15) is 23.1 Å². The van der Waals surface area contributed by atoms with Gasteiger partial charge in [-0.05, 0) is 49.1 Å². The zero-order valence-electron chi connectivity index (χ0n) is 18.8. The first-order chi connectivity index (χ1) is 15.0. The third-order valence-electron chi connectivity index (χ3n) is 6.04. The van der Waals surface area contributed by atoms with E-state index < -0.39 is 34.6 Å². The van der Waals surface area contributed by atoms with Crippen LogP contribution in [0, 0.1) is 23.4 Å². The SMILES string of the molecule is CCc1ccc(Nc2c(C(=O)N3CC(O)(CNC(C)C(C)C)C3)ccc(F)c2F)c(F)c1. The van der Waals surface area contributed by atoms with E-state index in [1.54, 1.807) is 6.07 Å². The molecule has 2 aromatic rings. The lowest BCUT2D eigenvalue weighted by molar-refractivity contribution is -0.0801. The number of halogens is 3. The summed E-state index contributed by atoms with van der Waals surface area (Å²) in [4.78, 5) is 14.3. The van der Waals surface area contributed by atoms with Gasteiger partial charge in [-0.2, -0.15) is 0 Å². The molecule has 0 radical (unpaired) electrons. The highest BCUT2D eigenvalue weighted by Crippen LogP contribution is 2.31. The number of amides is 1. The molecule has 1 aliphatic heterocycles. The van der Waals surface area contributed by atoms with Crippen LogP contribution < -0.4 is 10.6 Å². The number of nitrogens with one attached hydrogen (secondary N) is 2. The predicted molar refractivity (Wildman–Crippen MR) is 119 cm³/mol. The Hall–Kier alpha value is -2.58. The number of benzene rings is 2. The summed E-state index contributed by atoms with van der Waals surface area (Å²) in [7, 11) is 0. The monoisotopic (exact) mass is 449 g/mol. The number of anilines is 2. The molecule has 1 amide bonds. The van der Waals surface area contributed by atoms with Crippen LogP contribution in [0.1, 0.15) is 43.6 Å². The van der Waals surface area contributed by atoms with Crippen LogP contribution >= 0.6 is 0 Å². The van der Waals surface area contributed by atoms with Gasteiger partial charge in [-0.3, -0.25) is 4.79 Å². The van der Waals surface area contributed by atoms with Gasteiger partial charge in [-0.15, -0.1) is 0 Å². The third kappa shape index (κ3) is 5.07. The van der Waals surface area contributed by atoms with E-state index in [0.717, 1.165) is 17.7 Å². The Morgan fingerprint density at radius 3 is 2.41 bits per heavy atom. The molecule has 1 unspecified atom stereocenters. The van der Waals surface area contributed by atoms with Gasteiger partial charge in [0.1, 0.15) is 11.4 Å². The van der Waals surface area contributed by atoms with E-state index in [2.05, 4.69) is 24.5 Å². The van der Waals surface area contributed by atoms with Crippen LogP contribution in [0.3, 0.4) is 0 Å². The van der Waals surface area contributed by atoms with Crippen molar-refractivity contribution in [3.05, 3.63) is 58.9 Å². The summed E-state index contributed by atoms with van der Waals surface area (Å²) in [6.07, 6.45) is 0.623. The second kappa shape index (κ2) is 9.50. The second-order valence-electron chi connectivity index (χ2n) is 8.88. The number of carbonyl (C=O) groups is 1. The molecule has 3 N–H and O–H groups in total. The van der Waals surface area contributed by atoms with Gasteiger partial charge in [-0.25, -0.2) is 13.2 Å². The van der Waals surface area contributed by atoms with E-state index in [0.29, 0.717) is 18.9 Å². The molecule has 1 aliphatic rings. The number of likely N-dealkylation sites (tertiary alicyclic amines) is 1. The smallest absolute Gasteiger partial charge is 0.256 e. The van der Waals surface area contributed by atoms with Crippen molar-refractivity contribution >= 4 is 17.3 Å². The minimum Gasteiger partial charge on any atom is -0.385 e. The van der Waals surface area contributed by atoms with E-state index in [1.807, 2.05) is 13.8 Å². The lowest BCUT2D eigenvalue weighted by Gasteiger charge is -2.47. The fraction of sp³-hybridized carbons (Fsp3) is 0.458. The largest absolute Gasteiger partial charge is 0.385 e. The summed E-state index contributed by atoms with van der Waals surface area (Å²) < 4.78 is 43.0. The third-order valence-corrected chi connectivity index (χ3v) is 6.04. The van der Waals surface area contributed by atoms with Gasteiger partial charge >= 0.3 is 0 Å². The number of aryl methyl sites for hydroxylation is 1. The summed E-state index contributed by atoms with van der Waals surface area (Å²) in [5.41, 5.74) is -0.960. The first-order valence-corrected chi connectivity index (χ1v) is 10.8. The van der Waals surface area contributed by atoms with Crippen molar-refractivity contribution in [3.63, 3.8) is 0 Å². The molecule has 2 aromatic carbocycles. The van der Waals surface area contributed by atoms with Crippen LogP contribution in [0.5, 0.6) is 0 Å². The van der Waals surface area contributed by atoms with Gasteiger partial charge in [-0.1, -0.05) is 26.8 Å². The minimum absolute atomic E-state index is 0.0572. The topological polar surface area (TPSA) is 64.6 Å². The molecular weight excluding hydrogens is 419 g/mol. The predicted octanol–water partition coefficient (Wildman–Crippen LogP) is 4.23. The summed E-state index contributed by atoms with van der Waals surface area (Å²) in [6, 6.07) is 6.63. The molecule has 1 atom stereocenters. The maximum absolute atomic E-state index is 14.6. The summed E-state index contributed by atoms with van der Waals surface area (Å²) in [5, 5.41) is 16.4. The molecule has 8 heteroatoms. The zero-order valence-corrected chi connectivity index (χ0v) is 18.8. The van der Waals surface area contributed by atoms with Crippen LogP contribution in [0.4, 0.5) is 24.5 Å². The van der Waals surface area contributed by atoms with Gasteiger partial charge in [0.2, 0.25) is 0 Å². The number of aliphatic hydroxyl groups is 1. The molecule has 1 fully saturated rings. The van der Waals surface area contributed by atoms with Crippen LogP contribution in [-0.4, -0.2) is 47.2 Å². The van der Waals surface area contributed by atoms with Gasteiger partial charge < -0.3 is 20.6 Å². The van der Waals surface area contributed by atoms with Crippen molar-refractivity contribution in [2.75, 3.05) is 25.0 Å². The molecule has 1 heterocycles. The van der Waals surface area contributed by atoms with Gasteiger partial charge in [0.25, 0.3) is 5.91 Å². The summed E-state index contributed by atoms with van der Waals surface area (Å²) >= 11 is 0. The highest BCUT2D eigenvalue weighted by Gasteiger charge is 2.44. The number of nitrogens with zero attached hydrogens (tertiary/aromatic N) is 1. The quantitative estimate of drug-likeness (QED) is 0.564. The molecule has 0 bridgehead atoms. The maximum atomic E-state index is 14.6. The van der Waals surface area contributed by atoms with E-state index in [-0.39, 0.29) is 30.4 Å². The molecule has 3 rings (SSSR count). The maximum Gasteiger partial charge on any atom is 0.256 e. The second-order valence-corrected chi connectivity index (χ2v) is 8.88. The Labute approximate surface area is 186 Å². The lowest BCUT2D eigenvalue weighted by Crippen LogP contribution is -2.67. The molecule has 32 heavy (non-hydrogen) atoms. The molecule has 0 spiro atoms. The summed E-state index contributed by atoms with van der Waals surface area (Å²) in [5.74, 6) is -3.23. The normalized spacial score (nSPS) is 16.1. The molecule has 1 saturated heterocycles. The molecule has 0 aromatic heterocycles. The highest BCUT2D eigenvalue weighted by molar-refractivity contribution is 6.01. The van der Waals surface area contributed by atoms with E-state index in [1.165, 1.54) is 17.0 Å². The van der Waals surface area contributed by atoms with Crippen molar-refractivity contribution in [2.45, 2.75) is 45.8 Å². The van der Waals surface area contributed by atoms with Crippen molar-refractivity contribution in [1.82, 2.24) is 10.2 Å². The Kier molecular flexibility index (Phi) is 7.15. The molecule has 0 aliphatic carbocycles. The fourth-order valence-electron chi connectivity index (χ4n) is 3.54. The van der Waals surface area contributed by atoms with Crippen LogP contribution in [0.2, 0.25) is 0 Å². The Bertz CT molecular complexity index is 991. The summed E-state index contributed by atoms with van der Waals surface area (Å²) in [6.45, 7) is 8.44. The van der Waals surface area contributed by atoms with Crippen molar-refractivity contribution in [3.8, 4) is 0 Å². The Morgan fingerprint density at radius 1 is 1.12 bits per heavy atom. The van der Waals surface area contributed by atoms with Crippen LogP contribution in [0.15, 0.2) is 30.3 Å². The minimum atomic E-state index is -1.27. The average molecular weight is 450 g/mol. The standard InChI is InChI=1S/C24H30F3N3O2/c1-5-16-6-9-20(19(26)10-16)29-22-17(7-8-18(25)21(22)27)23(31)30-12-24(32,13-30)11-28-15(4)14(2)3/h6-10,14-15,28-29,32H,5,11-13H2,1-4H3. The van der Waals surface area contributed by atoms with Crippen molar-refractivity contribution < 1.29 is 23.1 Å². The number of β-amino-alcohol motifs (C(OH)–C–C–N with tert-alkyl or cyclic N) is 1. The molecule has 5 nitrogen and oxygen atoms in total. The van der Waals surface area contributed by atoms with Crippen molar-refractivity contribution in [2.24, 2.45) is 5.92 Å². The highest BCUT2D eigenvalue weighted by atomic mass is 19.2. The van der Waals surface area contributed by atoms with Gasteiger partial charge in [0.15, 0.2) is 11.6 Å². The van der Waals surface area contributed by atoms with Crippen LogP contribution in [-0.2, 0) is 6.42 Å². The molecular formula is C24H30F3N3O2. The average Bonchev–Trinajstić information content (AvgIpc) is 2.73. The lowest BCUT2D eigenvalue weighted by atomic mass is 9.92. The first-order valence-electron chi connectivity index (χ1n) is 10.8.